The van der Waals surface area contributed by atoms with E-state index in [4.69, 9.17) is 9.47 Å². The molecule has 0 spiro atoms. The maximum atomic E-state index is 13.1. The highest BCUT2D eigenvalue weighted by Gasteiger charge is 2.33. The standard InChI is InChI=1S/C26H21BrFNO3/c1-16-25-19(14-29(15-31-25)11-10-17-4-8-21(28)9-5-17)13-22-24(30)23(32-26(16)22)12-18-2-6-20(27)7-3-18/h2-9,12-13H,10-11,14-15H2,1H3/b23-12-. The van der Waals surface area contributed by atoms with E-state index in [0.29, 0.717) is 30.3 Å². The molecule has 6 heteroatoms. The number of ketones is 1. The third-order valence-electron chi connectivity index (χ3n) is 5.80. The Morgan fingerprint density at radius 2 is 1.84 bits per heavy atom. The van der Waals surface area contributed by atoms with E-state index in [1.807, 2.05) is 37.3 Å². The minimum Gasteiger partial charge on any atom is -0.477 e. The number of ether oxygens (including phenoxy) is 2. The Morgan fingerprint density at radius 3 is 2.59 bits per heavy atom. The Kier molecular flexibility index (Phi) is 5.57. The second kappa shape index (κ2) is 8.52. The van der Waals surface area contributed by atoms with Crippen LogP contribution in [0.15, 0.2) is 64.8 Å². The first-order valence-corrected chi connectivity index (χ1v) is 11.2. The number of hydrogen-bond acceptors (Lipinski definition) is 4. The van der Waals surface area contributed by atoms with E-state index in [2.05, 4.69) is 20.8 Å². The van der Waals surface area contributed by atoms with Gasteiger partial charge in [0, 0.05) is 28.7 Å². The summed E-state index contributed by atoms with van der Waals surface area (Å²) in [4.78, 5) is 15.2. The maximum absolute atomic E-state index is 13.1. The molecule has 0 unspecified atom stereocenters. The first kappa shape index (κ1) is 20.9. The molecule has 3 aromatic rings. The van der Waals surface area contributed by atoms with E-state index in [9.17, 15) is 9.18 Å². The van der Waals surface area contributed by atoms with Crippen LogP contribution in [0.25, 0.3) is 6.08 Å². The molecule has 3 aromatic carbocycles. The molecule has 0 saturated heterocycles. The van der Waals surface area contributed by atoms with Crippen LogP contribution < -0.4 is 9.47 Å². The van der Waals surface area contributed by atoms with Crippen LogP contribution in [-0.4, -0.2) is 24.0 Å². The number of rotatable bonds is 4. The summed E-state index contributed by atoms with van der Waals surface area (Å²) in [5.74, 6) is 1.35. The predicted octanol–water partition coefficient (Wildman–Crippen LogP) is 5.91. The van der Waals surface area contributed by atoms with Crippen molar-refractivity contribution < 1.29 is 18.7 Å². The van der Waals surface area contributed by atoms with Crippen molar-refractivity contribution in [3.63, 3.8) is 0 Å². The van der Waals surface area contributed by atoms with E-state index >= 15 is 0 Å². The highest BCUT2D eigenvalue weighted by atomic mass is 79.9. The number of halogens is 2. The lowest BCUT2D eigenvalue weighted by Crippen LogP contribution is -2.34. The van der Waals surface area contributed by atoms with Crippen LogP contribution in [0.1, 0.15) is 32.6 Å². The Labute approximate surface area is 194 Å². The predicted molar refractivity (Wildman–Crippen MR) is 124 cm³/mol. The van der Waals surface area contributed by atoms with Gasteiger partial charge in [0.15, 0.2) is 5.76 Å². The van der Waals surface area contributed by atoms with Crippen LogP contribution >= 0.6 is 15.9 Å². The molecule has 4 nitrogen and oxygen atoms in total. The average molecular weight is 494 g/mol. The fraction of sp³-hybridized carbons (Fsp3) is 0.192. The van der Waals surface area contributed by atoms with Crippen LogP contribution in [0.4, 0.5) is 4.39 Å². The zero-order chi connectivity index (χ0) is 22.2. The van der Waals surface area contributed by atoms with Gasteiger partial charge in [-0.15, -0.1) is 0 Å². The van der Waals surface area contributed by atoms with Crippen molar-refractivity contribution in [2.24, 2.45) is 0 Å². The second-order valence-corrected chi connectivity index (χ2v) is 8.98. The summed E-state index contributed by atoms with van der Waals surface area (Å²) in [6, 6.07) is 16.2. The summed E-state index contributed by atoms with van der Waals surface area (Å²) in [6.45, 7) is 3.86. The van der Waals surface area contributed by atoms with E-state index in [0.717, 1.165) is 45.4 Å². The van der Waals surface area contributed by atoms with Gasteiger partial charge in [-0.25, -0.2) is 4.39 Å². The largest absolute Gasteiger partial charge is 0.477 e. The summed E-state index contributed by atoms with van der Waals surface area (Å²) in [5.41, 5.74) is 4.38. The number of nitrogens with zero attached hydrogens (tertiary/aromatic N) is 1. The third-order valence-corrected chi connectivity index (χ3v) is 6.33. The average Bonchev–Trinajstić information content (AvgIpc) is 3.10. The van der Waals surface area contributed by atoms with E-state index in [1.165, 1.54) is 12.1 Å². The lowest BCUT2D eigenvalue weighted by atomic mass is 10.00. The lowest BCUT2D eigenvalue weighted by Gasteiger charge is -2.30. The normalized spacial score (nSPS) is 16.5. The Hall–Kier alpha value is -2.96. The number of Topliss-reactive ketones (excluding diaryl/α,β-unsaturated/α-hetero) is 1. The molecular weight excluding hydrogens is 473 g/mol. The topological polar surface area (TPSA) is 38.8 Å². The van der Waals surface area contributed by atoms with Gasteiger partial charge >= 0.3 is 0 Å². The molecule has 32 heavy (non-hydrogen) atoms. The SMILES string of the molecule is Cc1c2c(cc3c1O/C(=C\c1ccc(Br)cc1)C3=O)CN(CCc1ccc(F)cc1)CO2. The molecule has 2 aliphatic heterocycles. The molecular formula is C26H21BrFNO3. The van der Waals surface area contributed by atoms with Crippen molar-refractivity contribution in [3.05, 3.63) is 98.5 Å². The monoisotopic (exact) mass is 493 g/mol. The first-order chi connectivity index (χ1) is 15.5. The van der Waals surface area contributed by atoms with E-state index < -0.39 is 0 Å². The number of benzene rings is 3. The van der Waals surface area contributed by atoms with Crippen molar-refractivity contribution >= 4 is 27.8 Å². The number of allylic oxidation sites excluding steroid dienone is 1. The van der Waals surface area contributed by atoms with Gasteiger partial charge in [0.05, 0.1) is 5.56 Å². The summed E-state index contributed by atoms with van der Waals surface area (Å²) in [6.07, 6.45) is 2.56. The Balaban J connectivity index is 1.35. The van der Waals surface area contributed by atoms with E-state index in [1.54, 1.807) is 18.2 Å². The minimum atomic E-state index is -0.228. The van der Waals surface area contributed by atoms with Gasteiger partial charge in [-0.1, -0.05) is 40.2 Å². The zero-order valence-corrected chi connectivity index (χ0v) is 19.1. The van der Waals surface area contributed by atoms with Crippen LogP contribution in [0.3, 0.4) is 0 Å². The fourth-order valence-electron chi connectivity index (χ4n) is 4.09. The molecule has 2 heterocycles. The van der Waals surface area contributed by atoms with Crippen molar-refractivity contribution in [1.82, 2.24) is 4.90 Å². The smallest absolute Gasteiger partial charge is 0.231 e. The van der Waals surface area contributed by atoms with Crippen LogP contribution in [0.5, 0.6) is 11.5 Å². The molecule has 0 fully saturated rings. The van der Waals surface area contributed by atoms with Gasteiger partial charge in [0.25, 0.3) is 0 Å². The molecule has 2 aliphatic rings. The van der Waals surface area contributed by atoms with Crippen LogP contribution in [0, 0.1) is 12.7 Å². The Bertz CT molecular complexity index is 1220. The molecule has 0 amide bonds. The number of carbonyl (C=O) groups is 1. The molecule has 0 aliphatic carbocycles. The maximum Gasteiger partial charge on any atom is 0.231 e. The first-order valence-electron chi connectivity index (χ1n) is 10.4. The van der Waals surface area contributed by atoms with Crippen molar-refractivity contribution in [2.45, 2.75) is 19.9 Å². The summed E-state index contributed by atoms with van der Waals surface area (Å²) in [5, 5.41) is 0. The van der Waals surface area contributed by atoms with Crippen LogP contribution in [0.2, 0.25) is 0 Å². The molecule has 0 atom stereocenters. The minimum absolute atomic E-state index is 0.114. The van der Waals surface area contributed by atoms with Crippen molar-refractivity contribution in [3.8, 4) is 11.5 Å². The lowest BCUT2D eigenvalue weighted by molar-refractivity contribution is 0.0954. The highest BCUT2D eigenvalue weighted by Crippen LogP contribution is 2.43. The fourth-order valence-corrected chi connectivity index (χ4v) is 4.35. The van der Waals surface area contributed by atoms with E-state index in [-0.39, 0.29) is 11.6 Å². The number of hydrogen-bond donors (Lipinski definition) is 0. The molecule has 0 aromatic heterocycles. The molecule has 0 saturated carbocycles. The summed E-state index contributed by atoms with van der Waals surface area (Å²) >= 11 is 3.42. The number of fused-ring (bicyclic) bond motifs is 2. The summed E-state index contributed by atoms with van der Waals surface area (Å²) in [7, 11) is 0. The molecule has 162 valence electrons. The zero-order valence-electron chi connectivity index (χ0n) is 17.5. The molecule has 0 N–H and O–H groups in total. The van der Waals surface area contributed by atoms with Crippen molar-refractivity contribution in [2.75, 3.05) is 13.3 Å². The second-order valence-electron chi connectivity index (χ2n) is 8.06. The third kappa shape index (κ3) is 4.08. The quantitative estimate of drug-likeness (QED) is 0.423. The van der Waals surface area contributed by atoms with Gasteiger partial charge in [0.1, 0.15) is 24.0 Å². The molecule has 0 radical (unpaired) electrons. The van der Waals surface area contributed by atoms with Crippen molar-refractivity contribution in [1.29, 1.82) is 0 Å². The van der Waals surface area contributed by atoms with Gasteiger partial charge < -0.3 is 9.47 Å². The van der Waals surface area contributed by atoms with Gasteiger partial charge in [0.2, 0.25) is 5.78 Å². The van der Waals surface area contributed by atoms with Gasteiger partial charge in [-0.2, -0.15) is 0 Å². The van der Waals surface area contributed by atoms with Gasteiger partial charge in [-0.3, -0.25) is 9.69 Å². The Morgan fingerprint density at radius 1 is 1.09 bits per heavy atom. The molecule has 5 rings (SSSR count). The van der Waals surface area contributed by atoms with Gasteiger partial charge in [-0.05, 0) is 60.9 Å². The number of carbonyl (C=O) groups excluding carboxylic acids is 1. The van der Waals surface area contributed by atoms with Crippen LogP contribution in [-0.2, 0) is 13.0 Å². The highest BCUT2D eigenvalue weighted by molar-refractivity contribution is 9.10. The summed E-state index contributed by atoms with van der Waals surface area (Å²) < 4.78 is 26.1. The molecule has 0 bridgehead atoms.